The zero-order valence-electron chi connectivity index (χ0n) is 29.6. The van der Waals surface area contributed by atoms with Crippen molar-refractivity contribution >= 4 is 76.4 Å². The van der Waals surface area contributed by atoms with Gasteiger partial charge in [0.05, 0.1) is 5.41 Å². The number of hydrogen-bond donors (Lipinski definition) is 0. The molecule has 0 aromatic rings. The number of esters is 1. The highest BCUT2D eigenvalue weighted by Gasteiger charge is 2.82. The van der Waals surface area contributed by atoms with Gasteiger partial charge in [0, 0.05) is 42.3 Å². The fourth-order valence-corrected chi connectivity index (χ4v) is 55.1. The number of rotatable bonds is 11. The first kappa shape index (κ1) is 38.0. The van der Waals surface area contributed by atoms with Crippen molar-refractivity contribution in [1.82, 2.24) is 0 Å². The Labute approximate surface area is 283 Å². The molecule has 6 aliphatic rings. The largest absolute Gasteiger partial charge is 0.518 e. The van der Waals surface area contributed by atoms with Crippen molar-refractivity contribution in [2.24, 2.45) is 10.8 Å². The first-order chi connectivity index (χ1) is 21.3. The van der Waals surface area contributed by atoms with Crippen LogP contribution >= 0.6 is 0 Å². The van der Waals surface area contributed by atoms with E-state index < -0.39 is 75.9 Å². The molecule has 6 rings (SSSR count). The second kappa shape index (κ2) is 12.4. The van der Waals surface area contributed by atoms with Gasteiger partial charge < -0.3 is 54.1 Å². The van der Waals surface area contributed by atoms with Gasteiger partial charge in [-0.2, -0.15) is 0 Å². The minimum atomic E-state index is -4.21. The standard InChI is InChI=1S/C24H54O14Si8/c1-13-24(12,23(9,10)11)22(25)26-21-46-36-43(18-6)30-40(15-3)27-39(14-2)28-41(16-4,32-43)34-45(20-8,38-46)35-42(17-5,29-39)33-44(19-7,31-40)37-46/h13-21H2,1-12H3. The van der Waals surface area contributed by atoms with E-state index in [1.807, 2.05) is 83.1 Å². The van der Waals surface area contributed by atoms with Crippen molar-refractivity contribution in [3.63, 3.8) is 0 Å². The molecule has 6 saturated heterocycles. The van der Waals surface area contributed by atoms with Gasteiger partial charge in [-0.25, -0.2) is 0 Å². The minimum absolute atomic E-state index is 0.318. The van der Waals surface area contributed by atoms with Crippen LogP contribution in [-0.4, -0.2) is 82.6 Å². The van der Waals surface area contributed by atoms with Gasteiger partial charge in [0.2, 0.25) is 0 Å². The van der Waals surface area contributed by atoms with Crippen LogP contribution in [0.3, 0.4) is 0 Å². The average molecular weight is 791 g/mol. The molecule has 266 valence electrons. The van der Waals surface area contributed by atoms with Gasteiger partial charge in [-0.05, 0) is 18.8 Å². The third-order valence-electron chi connectivity index (χ3n) is 9.96. The van der Waals surface area contributed by atoms with Gasteiger partial charge in [0.1, 0.15) is 0 Å². The fourth-order valence-electron chi connectivity index (χ4n) is 6.24. The van der Waals surface area contributed by atoms with E-state index in [1.165, 1.54) is 0 Å². The Morgan fingerprint density at radius 1 is 0.435 bits per heavy atom. The quantitative estimate of drug-likeness (QED) is 0.194. The molecule has 14 nitrogen and oxygen atoms in total. The molecule has 0 spiro atoms. The molecule has 8 bridgehead atoms. The lowest BCUT2D eigenvalue weighted by Crippen LogP contribution is -2.88. The maximum Gasteiger partial charge on any atom is 0.518 e. The van der Waals surface area contributed by atoms with Crippen LogP contribution in [0.4, 0.5) is 0 Å². The summed E-state index contributed by atoms with van der Waals surface area (Å²) in [6.45, 7) is 23.6. The van der Waals surface area contributed by atoms with Gasteiger partial charge in [0.15, 0.2) is 6.23 Å². The molecule has 6 heterocycles. The van der Waals surface area contributed by atoms with E-state index >= 15 is 0 Å². The Morgan fingerprint density at radius 3 is 0.826 bits per heavy atom. The van der Waals surface area contributed by atoms with E-state index in [1.54, 1.807) is 0 Å². The Balaban J connectivity index is 1.76. The summed E-state index contributed by atoms with van der Waals surface area (Å²) in [5.74, 6) is -0.383. The van der Waals surface area contributed by atoms with Crippen molar-refractivity contribution in [2.45, 2.75) is 132 Å². The first-order valence-corrected chi connectivity index (χ1v) is 32.4. The van der Waals surface area contributed by atoms with Crippen LogP contribution in [0.25, 0.3) is 0 Å². The van der Waals surface area contributed by atoms with Crippen LogP contribution in [-0.2, 0) is 58.9 Å². The monoisotopic (exact) mass is 790 g/mol. The molecule has 6 fully saturated rings. The van der Waals surface area contributed by atoms with Crippen LogP contribution in [0.1, 0.15) is 89.5 Å². The molecule has 0 saturated carbocycles. The van der Waals surface area contributed by atoms with E-state index in [-0.39, 0.29) is 17.6 Å². The van der Waals surface area contributed by atoms with Gasteiger partial charge in [0.25, 0.3) is 0 Å². The summed E-state index contributed by atoms with van der Waals surface area (Å²) in [4.78, 5) is 14.0. The molecule has 22 heteroatoms. The lowest BCUT2D eigenvalue weighted by Gasteiger charge is -2.62. The minimum Gasteiger partial charge on any atom is -0.461 e. The summed E-state index contributed by atoms with van der Waals surface area (Å²) < 4.78 is 91.6. The van der Waals surface area contributed by atoms with Crippen LogP contribution in [0.15, 0.2) is 0 Å². The van der Waals surface area contributed by atoms with Gasteiger partial charge in [-0.15, -0.1) is 0 Å². The number of ether oxygens (including phenoxy) is 1. The highest BCUT2D eigenvalue weighted by molar-refractivity contribution is 7.03. The fraction of sp³-hybridized carbons (Fsp3) is 0.958. The molecule has 0 aromatic carbocycles. The molecule has 0 N–H and O–H groups in total. The normalized spacial score (nSPS) is 46.5. The molecule has 6 aliphatic heterocycles. The smallest absolute Gasteiger partial charge is 0.461 e. The maximum absolute atomic E-state index is 14.0. The summed E-state index contributed by atoms with van der Waals surface area (Å²) in [5.41, 5.74) is -1.18. The van der Waals surface area contributed by atoms with E-state index in [9.17, 15) is 4.79 Å². The summed E-state index contributed by atoms with van der Waals surface area (Å²) in [7, 11) is -30.6. The molecule has 46 heavy (non-hydrogen) atoms. The number of hydrogen-bond acceptors (Lipinski definition) is 14. The summed E-state index contributed by atoms with van der Waals surface area (Å²) >= 11 is 0. The van der Waals surface area contributed by atoms with Crippen molar-refractivity contribution in [1.29, 1.82) is 0 Å². The predicted octanol–water partition coefficient (Wildman–Crippen LogP) is 5.45. The Bertz CT molecular complexity index is 1060. The van der Waals surface area contributed by atoms with Crippen LogP contribution < -0.4 is 0 Å². The topological polar surface area (TPSA) is 137 Å². The molecular weight excluding hydrogens is 737 g/mol. The summed E-state index contributed by atoms with van der Waals surface area (Å²) in [6, 6.07) is 2.48. The van der Waals surface area contributed by atoms with E-state index in [2.05, 4.69) is 0 Å². The molecular formula is C24H54O14Si8. The van der Waals surface area contributed by atoms with Crippen molar-refractivity contribution in [3.8, 4) is 0 Å². The summed E-state index contributed by atoms with van der Waals surface area (Å²) in [5, 5.41) is 0. The zero-order chi connectivity index (χ0) is 34.1. The van der Waals surface area contributed by atoms with E-state index in [0.29, 0.717) is 48.7 Å². The summed E-state index contributed by atoms with van der Waals surface area (Å²) in [6.07, 6.45) is 0.251. The first-order valence-electron chi connectivity index (χ1n) is 16.9. The Morgan fingerprint density at radius 2 is 0.652 bits per heavy atom. The third kappa shape index (κ3) is 6.17. The second-order valence-electron chi connectivity index (χ2n) is 13.7. The lowest BCUT2D eigenvalue weighted by atomic mass is 9.66. The van der Waals surface area contributed by atoms with Crippen LogP contribution in [0.5, 0.6) is 0 Å². The van der Waals surface area contributed by atoms with Gasteiger partial charge >= 0.3 is 76.4 Å². The van der Waals surface area contributed by atoms with Crippen LogP contribution in [0, 0.1) is 10.8 Å². The Hall–Kier alpha value is 0.725. The van der Waals surface area contributed by atoms with Crippen LogP contribution in [0.2, 0.25) is 42.3 Å². The third-order valence-corrected chi connectivity index (χ3v) is 46.4. The van der Waals surface area contributed by atoms with Crippen molar-refractivity contribution in [3.05, 3.63) is 0 Å². The lowest BCUT2D eigenvalue weighted by molar-refractivity contribution is -0.162. The highest BCUT2D eigenvalue weighted by atomic mass is 28.6. The van der Waals surface area contributed by atoms with Crippen molar-refractivity contribution in [2.75, 3.05) is 6.23 Å². The average Bonchev–Trinajstić information content (AvgIpc) is 2.98. The van der Waals surface area contributed by atoms with E-state index in [0.717, 1.165) is 0 Å². The zero-order valence-corrected chi connectivity index (χ0v) is 37.6. The molecule has 0 aliphatic carbocycles. The number of carbonyl (C=O) groups excluding carboxylic acids is 1. The molecule has 1 unspecified atom stereocenters. The number of carbonyl (C=O) groups is 1. The SMILES string of the molecule is CCC(C)(C(=O)OC[Si]12O[Si]3(CC)O[Si]4(CC)O[Si]5(CC)O[Si](CC)(O3)O[Si](CC)(O[Si](CC)(O5)O[Si](CC)(O4)O1)O2)C(C)(C)C. The van der Waals surface area contributed by atoms with E-state index in [4.69, 9.17) is 54.1 Å². The van der Waals surface area contributed by atoms with Gasteiger partial charge in [-0.3, -0.25) is 4.79 Å². The maximum atomic E-state index is 14.0. The molecule has 0 amide bonds. The predicted molar refractivity (Wildman–Crippen MR) is 181 cm³/mol. The molecule has 1 atom stereocenters. The second-order valence-corrected chi connectivity index (χ2v) is 39.6. The Kier molecular flexibility index (Phi) is 10.3. The van der Waals surface area contributed by atoms with Gasteiger partial charge in [-0.1, -0.05) is 76.2 Å². The van der Waals surface area contributed by atoms with Crippen molar-refractivity contribution < 1.29 is 58.9 Å². The molecule has 0 aromatic heterocycles. The molecule has 0 radical (unpaired) electrons. The highest BCUT2D eigenvalue weighted by Crippen LogP contribution is 2.53.